The molecular weight excluding hydrogens is 489 g/mol. The van der Waals surface area contributed by atoms with Crippen LogP contribution < -0.4 is 10.6 Å². The van der Waals surface area contributed by atoms with Gasteiger partial charge in [0.25, 0.3) is 0 Å². The normalized spacial score (nSPS) is 19.7. The maximum atomic E-state index is 12.4. The van der Waals surface area contributed by atoms with Gasteiger partial charge in [-0.05, 0) is 34.6 Å². The van der Waals surface area contributed by atoms with Crippen molar-refractivity contribution in [3.8, 4) is 0 Å². The second-order valence-corrected chi connectivity index (χ2v) is 7.83. The number of methoxy groups -OCH3 is 1. The molecule has 1 aromatic heterocycles. The number of likely N-dealkylation sites (tertiary alicyclic amines) is 1. The molecule has 1 aliphatic heterocycles. The van der Waals surface area contributed by atoms with Gasteiger partial charge < -0.3 is 29.6 Å². The van der Waals surface area contributed by atoms with Crippen LogP contribution in [0.2, 0.25) is 0 Å². The maximum Gasteiger partial charge on any atom is 0.410 e. The molecule has 10 nitrogen and oxygen atoms in total. The standard InChI is InChI=1S/C18H33N7O3.HI/c1-8-19-16(20-9-15-23-22-12(2)24(15)6)21-13-10-25(11-14(13)27-7)17(26)28-18(3,4)5;/h13-14H,8-11H2,1-7H3,(H2,19,20,21);1H/t13?,14-;/m0./s1. The number of aliphatic imine (C=N–C) groups is 1. The first-order chi connectivity index (χ1) is 13.1. The fraction of sp³-hybridized carbons (Fsp3) is 0.778. The molecule has 0 saturated carbocycles. The highest BCUT2D eigenvalue weighted by molar-refractivity contribution is 14.0. The van der Waals surface area contributed by atoms with Gasteiger partial charge >= 0.3 is 6.09 Å². The van der Waals surface area contributed by atoms with E-state index >= 15 is 0 Å². The van der Waals surface area contributed by atoms with Crippen molar-refractivity contribution in [3.63, 3.8) is 0 Å². The predicted molar refractivity (Wildman–Crippen MR) is 121 cm³/mol. The minimum Gasteiger partial charge on any atom is -0.444 e. The van der Waals surface area contributed by atoms with E-state index in [4.69, 9.17) is 9.47 Å². The van der Waals surface area contributed by atoms with Crippen LogP contribution in [0, 0.1) is 6.92 Å². The van der Waals surface area contributed by atoms with E-state index in [9.17, 15) is 4.79 Å². The van der Waals surface area contributed by atoms with Crippen LogP contribution in [0.4, 0.5) is 4.79 Å². The largest absolute Gasteiger partial charge is 0.444 e. The molecule has 2 rings (SSSR count). The lowest BCUT2D eigenvalue weighted by atomic mass is 10.2. The molecule has 0 aliphatic carbocycles. The Balaban J connectivity index is 0.00000420. The molecule has 1 fully saturated rings. The van der Waals surface area contributed by atoms with Crippen molar-refractivity contribution in [2.24, 2.45) is 12.0 Å². The zero-order chi connectivity index (χ0) is 20.9. The van der Waals surface area contributed by atoms with Gasteiger partial charge in [0.05, 0.1) is 18.7 Å². The quantitative estimate of drug-likeness (QED) is 0.342. The summed E-state index contributed by atoms with van der Waals surface area (Å²) in [4.78, 5) is 18.6. The van der Waals surface area contributed by atoms with Crippen molar-refractivity contribution >= 4 is 36.0 Å². The molecule has 0 radical (unpaired) electrons. The molecule has 0 spiro atoms. The Kier molecular flexibility index (Phi) is 9.59. The second-order valence-electron chi connectivity index (χ2n) is 7.83. The Morgan fingerprint density at radius 1 is 1.31 bits per heavy atom. The Morgan fingerprint density at radius 2 is 2.00 bits per heavy atom. The summed E-state index contributed by atoms with van der Waals surface area (Å²) in [5.74, 6) is 2.26. The van der Waals surface area contributed by atoms with Crippen molar-refractivity contribution in [1.29, 1.82) is 0 Å². The van der Waals surface area contributed by atoms with Crippen LogP contribution in [-0.2, 0) is 23.1 Å². The smallest absolute Gasteiger partial charge is 0.410 e. The highest BCUT2D eigenvalue weighted by Crippen LogP contribution is 2.17. The Bertz CT molecular complexity index is 702. The number of hydrogen-bond acceptors (Lipinski definition) is 6. The van der Waals surface area contributed by atoms with Gasteiger partial charge in [0.2, 0.25) is 0 Å². The van der Waals surface area contributed by atoms with Crippen LogP contribution in [0.15, 0.2) is 4.99 Å². The molecule has 29 heavy (non-hydrogen) atoms. The number of halogens is 1. The van der Waals surface area contributed by atoms with Gasteiger partial charge in [0.15, 0.2) is 11.8 Å². The molecule has 1 aliphatic rings. The molecule has 11 heteroatoms. The van der Waals surface area contributed by atoms with Crippen LogP contribution in [0.1, 0.15) is 39.3 Å². The van der Waals surface area contributed by atoms with Gasteiger partial charge in [-0.2, -0.15) is 0 Å². The zero-order valence-corrected chi connectivity index (χ0v) is 20.7. The van der Waals surface area contributed by atoms with E-state index < -0.39 is 5.60 Å². The third-order valence-electron chi connectivity index (χ3n) is 4.45. The first kappa shape index (κ1) is 25.4. The highest BCUT2D eigenvalue weighted by atomic mass is 127. The van der Waals surface area contributed by atoms with Crippen molar-refractivity contribution < 1.29 is 14.3 Å². The van der Waals surface area contributed by atoms with Crippen molar-refractivity contribution in [2.75, 3.05) is 26.7 Å². The van der Waals surface area contributed by atoms with Crippen LogP contribution in [0.5, 0.6) is 0 Å². The number of hydrogen-bond donors (Lipinski definition) is 2. The minimum absolute atomic E-state index is 0. The number of amides is 1. The molecule has 166 valence electrons. The van der Waals surface area contributed by atoms with Gasteiger partial charge in [-0.15, -0.1) is 34.2 Å². The average molecular weight is 523 g/mol. The van der Waals surface area contributed by atoms with E-state index in [-0.39, 0.29) is 42.2 Å². The summed E-state index contributed by atoms with van der Waals surface area (Å²) in [7, 11) is 3.56. The Labute approximate surface area is 189 Å². The highest BCUT2D eigenvalue weighted by Gasteiger charge is 2.37. The number of aryl methyl sites for hydroxylation is 1. The lowest BCUT2D eigenvalue weighted by Gasteiger charge is -2.24. The molecule has 1 unspecified atom stereocenters. The monoisotopic (exact) mass is 523 g/mol. The Morgan fingerprint density at radius 3 is 2.52 bits per heavy atom. The van der Waals surface area contributed by atoms with Crippen molar-refractivity contribution in [1.82, 2.24) is 30.3 Å². The fourth-order valence-corrected chi connectivity index (χ4v) is 2.86. The van der Waals surface area contributed by atoms with E-state index in [0.29, 0.717) is 32.1 Å². The topological polar surface area (TPSA) is 106 Å². The first-order valence-corrected chi connectivity index (χ1v) is 9.55. The van der Waals surface area contributed by atoms with Crippen molar-refractivity contribution in [3.05, 3.63) is 11.6 Å². The summed E-state index contributed by atoms with van der Waals surface area (Å²) >= 11 is 0. The number of carbonyl (C=O) groups is 1. The number of carbonyl (C=O) groups excluding carboxylic acids is 1. The SMILES string of the molecule is CCNC(=NCc1nnc(C)n1C)NC1CN(C(=O)OC(C)(C)C)C[C@@H]1OC.I. The molecule has 2 N–H and O–H groups in total. The molecule has 0 aromatic carbocycles. The van der Waals surface area contributed by atoms with E-state index in [0.717, 1.165) is 11.6 Å². The van der Waals surface area contributed by atoms with E-state index in [1.807, 2.05) is 46.2 Å². The van der Waals surface area contributed by atoms with Gasteiger partial charge in [-0.3, -0.25) is 0 Å². The number of nitrogens with zero attached hydrogens (tertiary/aromatic N) is 5. The molecule has 1 amide bonds. The lowest BCUT2D eigenvalue weighted by molar-refractivity contribution is 0.0252. The number of guanidine groups is 1. The summed E-state index contributed by atoms with van der Waals surface area (Å²) in [5.41, 5.74) is -0.532. The predicted octanol–water partition coefficient (Wildman–Crippen LogP) is 1.43. The second kappa shape index (κ2) is 11.0. The summed E-state index contributed by atoms with van der Waals surface area (Å²) in [6, 6.07) is -0.100. The van der Waals surface area contributed by atoms with Gasteiger partial charge in [-0.1, -0.05) is 0 Å². The van der Waals surface area contributed by atoms with E-state index in [1.165, 1.54) is 0 Å². The molecular formula is C18H34IN7O3. The Hall–Kier alpha value is -1.63. The summed E-state index contributed by atoms with van der Waals surface area (Å²) < 4.78 is 13.0. The summed E-state index contributed by atoms with van der Waals surface area (Å²) in [6.45, 7) is 11.5. The maximum absolute atomic E-state index is 12.4. The van der Waals surface area contributed by atoms with Crippen LogP contribution >= 0.6 is 24.0 Å². The third-order valence-corrected chi connectivity index (χ3v) is 4.45. The number of nitrogens with one attached hydrogen (secondary N) is 2. The average Bonchev–Trinajstić information content (AvgIpc) is 3.16. The summed E-state index contributed by atoms with van der Waals surface area (Å²) in [5, 5.41) is 14.8. The van der Waals surface area contributed by atoms with Gasteiger partial charge in [0.1, 0.15) is 18.0 Å². The lowest BCUT2D eigenvalue weighted by Crippen LogP contribution is -2.49. The third kappa shape index (κ3) is 7.28. The first-order valence-electron chi connectivity index (χ1n) is 9.55. The zero-order valence-electron chi connectivity index (χ0n) is 18.4. The number of aromatic nitrogens is 3. The fourth-order valence-electron chi connectivity index (χ4n) is 2.86. The molecule has 2 heterocycles. The van der Waals surface area contributed by atoms with Crippen molar-refractivity contribution in [2.45, 2.75) is 58.9 Å². The molecule has 1 saturated heterocycles. The van der Waals surface area contributed by atoms with Crippen LogP contribution in [-0.4, -0.2) is 76.2 Å². The molecule has 1 aromatic rings. The summed E-state index contributed by atoms with van der Waals surface area (Å²) in [6.07, 6.45) is -0.496. The van der Waals surface area contributed by atoms with E-state index in [2.05, 4.69) is 25.8 Å². The van der Waals surface area contributed by atoms with E-state index in [1.54, 1.807) is 12.0 Å². The number of ether oxygens (including phenoxy) is 2. The minimum atomic E-state index is -0.532. The molecule has 2 atom stereocenters. The van der Waals surface area contributed by atoms with Gasteiger partial charge in [0, 0.05) is 27.2 Å². The van der Waals surface area contributed by atoms with Crippen LogP contribution in [0.3, 0.4) is 0 Å². The molecule has 0 bridgehead atoms. The van der Waals surface area contributed by atoms with Crippen LogP contribution in [0.25, 0.3) is 0 Å². The van der Waals surface area contributed by atoms with Gasteiger partial charge in [-0.25, -0.2) is 9.79 Å². The number of rotatable bonds is 5.